The van der Waals surface area contributed by atoms with Crippen LogP contribution in [0.2, 0.25) is 0 Å². The van der Waals surface area contributed by atoms with E-state index in [1.54, 1.807) is 60.8 Å². The Bertz CT molecular complexity index is 1390. The normalized spacial score (nSPS) is 12.1. The van der Waals surface area contributed by atoms with Crippen molar-refractivity contribution in [2.75, 3.05) is 5.32 Å². The predicted octanol–water partition coefficient (Wildman–Crippen LogP) is 3.14. The Morgan fingerprint density at radius 1 is 0.912 bits per heavy atom. The lowest BCUT2D eigenvalue weighted by atomic mass is 10.1. The van der Waals surface area contributed by atoms with Gasteiger partial charge in [-0.3, -0.25) is 0 Å². The number of nitrogens with one attached hydrogen (secondary N) is 1. The summed E-state index contributed by atoms with van der Waals surface area (Å²) in [7, 11) is -3.76. The molecule has 4 aromatic rings. The molecule has 1 aromatic heterocycles. The highest BCUT2D eigenvalue weighted by atomic mass is 32.2. The lowest BCUT2D eigenvalue weighted by Gasteiger charge is -2.12. The Hall–Kier alpha value is -4.12. The van der Waals surface area contributed by atoms with E-state index < -0.39 is 22.0 Å². The highest BCUT2D eigenvalue weighted by molar-refractivity contribution is 7.89. The van der Waals surface area contributed by atoms with E-state index in [2.05, 4.69) is 15.3 Å². The number of nitrogens with two attached hydrogens (primary N) is 2. The number of anilines is 2. The molecule has 0 saturated heterocycles. The van der Waals surface area contributed by atoms with E-state index in [0.29, 0.717) is 28.6 Å². The van der Waals surface area contributed by atoms with Gasteiger partial charge in [0.25, 0.3) is 0 Å². The minimum Gasteiger partial charge on any atom is -0.425 e. The third kappa shape index (κ3) is 5.62. The molecule has 0 saturated carbocycles. The van der Waals surface area contributed by atoms with Gasteiger partial charge in [0.2, 0.25) is 16.0 Å². The van der Waals surface area contributed by atoms with Crippen LogP contribution in [0.3, 0.4) is 0 Å². The van der Waals surface area contributed by atoms with Crippen LogP contribution >= 0.6 is 0 Å². The summed E-state index contributed by atoms with van der Waals surface area (Å²) in [5.41, 5.74) is 8.67. The Kier molecular flexibility index (Phi) is 6.64. The number of hydrogen-bond donors (Lipinski definition) is 3. The van der Waals surface area contributed by atoms with Crippen molar-refractivity contribution in [2.45, 2.75) is 10.9 Å². The van der Waals surface area contributed by atoms with Gasteiger partial charge in [-0.15, -0.1) is 0 Å². The van der Waals surface area contributed by atoms with Crippen molar-refractivity contribution in [3.63, 3.8) is 0 Å². The Morgan fingerprint density at radius 2 is 1.59 bits per heavy atom. The molecule has 10 heteroatoms. The number of ether oxygens (including phenoxy) is 1. The molecule has 1 unspecified atom stereocenters. The Labute approximate surface area is 196 Å². The highest BCUT2D eigenvalue weighted by Crippen LogP contribution is 2.24. The number of carbonyl (C=O) groups is 1. The van der Waals surface area contributed by atoms with E-state index in [0.717, 1.165) is 5.56 Å². The molecule has 0 amide bonds. The van der Waals surface area contributed by atoms with Crippen LogP contribution in [-0.2, 0) is 14.8 Å². The first kappa shape index (κ1) is 23.1. The number of rotatable bonds is 7. The molecule has 1 heterocycles. The van der Waals surface area contributed by atoms with Gasteiger partial charge in [0.15, 0.2) is 0 Å². The van der Waals surface area contributed by atoms with Gasteiger partial charge < -0.3 is 15.8 Å². The van der Waals surface area contributed by atoms with Crippen LogP contribution in [0.4, 0.5) is 11.6 Å². The average molecular weight is 476 g/mol. The van der Waals surface area contributed by atoms with Gasteiger partial charge in [0, 0.05) is 17.4 Å². The minimum absolute atomic E-state index is 0.0123. The molecule has 0 aliphatic rings. The standard InChI is InChI=1S/C24H21N5O4S/c25-22(17-4-2-1-3-5-17)23(30)33-19-10-6-16(7-11-19)21-14-15-27-24(29-21)28-18-8-12-20(13-9-18)34(26,31)32/h1-15,22H,25H2,(H2,26,31,32)(H,27,28,29). The molecule has 0 fully saturated rings. The van der Waals surface area contributed by atoms with Gasteiger partial charge in [-0.1, -0.05) is 30.3 Å². The van der Waals surface area contributed by atoms with Crippen LogP contribution in [0, 0.1) is 0 Å². The molecular weight excluding hydrogens is 454 g/mol. The first-order chi connectivity index (χ1) is 16.3. The SMILES string of the molecule is NC(C(=O)Oc1ccc(-c2ccnc(Nc3ccc(S(N)(=O)=O)cc3)n2)cc1)c1ccccc1. The lowest BCUT2D eigenvalue weighted by Crippen LogP contribution is -2.25. The molecule has 9 nitrogen and oxygen atoms in total. The van der Waals surface area contributed by atoms with Gasteiger partial charge in [-0.05, 0) is 60.2 Å². The van der Waals surface area contributed by atoms with Gasteiger partial charge in [-0.25, -0.2) is 28.3 Å². The summed E-state index contributed by atoms with van der Waals surface area (Å²) >= 11 is 0. The molecule has 34 heavy (non-hydrogen) atoms. The van der Waals surface area contributed by atoms with E-state index in [-0.39, 0.29) is 4.90 Å². The summed E-state index contributed by atoms with van der Waals surface area (Å²) in [6, 6.07) is 22.6. The number of benzene rings is 3. The largest absolute Gasteiger partial charge is 0.425 e. The monoisotopic (exact) mass is 475 g/mol. The first-order valence-corrected chi connectivity index (χ1v) is 11.7. The Balaban J connectivity index is 1.44. The average Bonchev–Trinajstić information content (AvgIpc) is 2.84. The van der Waals surface area contributed by atoms with Crippen LogP contribution in [0.25, 0.3) is 11.3 Å². The van der Waals surface area contributed by atoms with Crippen LogP contribution in [0.5, 0.6) is 5.75 Å². The van der Waals surface area contributed by atoms with Crippen molar-refractivity contribution in [1.82, 2.24) is 9.97 Å². The zero-order valence-electron chi connectivity index (χ0n) is 17.8. The van der Waals surface area contributed by atoms with Crippen molar-refractivity contribution in [2.24, 2.45) is 10.9 Å². The fourth-order valence-corrected chi connectivity index (χ4v) is 3.62. The van der Waals surface area contributed by atoms with Gasteiger partial charge >= 0.3 is 5.97 Å². The number of aromatic nitrogens is 2. The maximum atomic E-state index is 12.3. The number of carbonyl (C=O) groups excluding carboxylic acids is 1. The molecule has 0 bridgehead atoms. The van der Waals surface area contributed by atoms with E-state index in [4.69, 9.17) is 15.6 Å². The summed E-state index contributed by atoms with van der Waals surface area (Å²) in [5.74, 6) is 0.133. The molecule has 3 aromatic carbocycles. The zero-order valence-corrected chi connectivity index (χ0v) is 18.6. The number of sulfonamides is 1. The van der Waals surface area contributed by atoms with Gasteiger partial charge in [-0.2, -0.15) is 0 Å². The smallest absolute Gasteiger partial charge is 0.332 e. The summed E-state index contributed by atoms with van der Waals surface area (Å²) in [6.07, 6.45) is 1.59. The van der Waals surface area contributed by atoms with Crippen molar-refractivity contribution < 1.29 is 17.9 Å². The van der Waals surface area contributed by atoms with Crippen LogP contribution in [0.1, 0.15) is 11.6 Å². The Morgan fingerprint density at radius 3 is 2.24 bits per heavy atom. The molecule has 0 radical (unpaired) electrons. The number of hydrogen-bond acceptors (Lipinski definition) is 8. The van der Waals surface area contributed by atoms with E-state index >= 15 is 0 Å². The van der Waals surface area contributed by atoms with Crippen LogP contribution in [-0.4, -0.2) is 24.4 Å². The fraction of sp³-hybridized carbons (Fsp3) is 0.0417. The van der Waals surface area contributed by atoms with E-state index in [9.17, 15) is 13.2 Å². The van der Waals surface area contributed by atoms with Crippen LogP contribution < -0.4 is 20.9 Å². The second kappa shape index (κ2) is 9.79. The molecule has 0 spiro atoms. The third-order valence-electron chi connectivity index (χ3n) is 4.88. The summed E-state index contributed by atoms with van der Waals surface area (Å²) in [4.78, 5) is 21.0. The second-order valence-electron chi connectivity index (χ2n) is 7.29. The fourth-order valence-electron chi connectivity index (χ4n) is 3.11. The molecule has 0 aliphatic heterocycles. The minimum atomic E-state index is -3.76. The van der Waals surface area contributed by atoms with Crippen molar-refractivity contribution in [3.05, 3.63) is 96.7 Å². The maximum absolute atomic E-state index is 12.3. The predicted molar refractivity (Wildman–Crippen MR) is 128 cm³/mol. The molecule has 5 N–H and O–H groups in total. The van der Waals surface area contributed by atoms with E-state index in [1.807, 2.05) is 18.2 Å². The van der Waals surface area contributed by atoms with Crippen molar-refractivity contribution in [3.8, 4) is 17.0 Å². The lowest BCUT2D eigenvalue weighted by molar-refractivity contribution is -0.136. The third-order valence-corrected chi connectivity index (χ3v) is 5.80. The zero-order chi connectivity index (χ0) is 24.1. The molecule has 172 valence electrons. The first-order valence-electron chi connectivity index (χ1n) is 10.2. The van der Waals surface area contributed by atoms with Crippen molar-refractivity contribution >= 4 is 27.6 Å². The van der Waals surface area contributed by atoms with Crippen LogP contribution in [0.15, 0.2) is 96.0 Å². The summed E-state index contributed by atoms with van der Waals surface area (Å²) in [6.45, 7) is 0. The summed E-state index contributed by atoms with van der Waals surface area (Å²) in [5, 5.41) is 8.13. The molecule has 4 rings (SSSR count). The molecule has 0 aliphatic carbocycles. The van der Waals surface area contributed by atoms with E-state index in [1.165, 1.54) is 12.1 Å². The maximum Gasteiger partial charge on any atom is 0.332 e. The quantitative estimate of drug-likeness (QED) is 0.272. The van der Waals surface area contributed by atoms with Gasteiger partial charge in [0.1, 0.15) is 11.8 Å². The molecule has 1 atom stereocenters. The molecular formula is C24H21N5O4S. The van der Waals surface area contributed by atoms with Crippen molar-refractivity contribution in [1.29, 1.82) is 0 Å². The highest BCUT2D eigenvalue weighted by Gasteiger charge is 2.18. The van der Waals surface area contributed by atoms with Gasteiger partial charge in [0.05, 0.1) is 10.6 Å². The second-order valence-corrected chi connectivity index (χ2v) is 8.86. The number of primary sulfonamides is 1. The summed E-state index contributed by atoms with van der Waals surface area (Å²) < 4.78 is 28.2. The topological polar surface area (TPSA) is 150 Å². The number of esters is 1. The number of nitrogens with zero attached hydrogens (tertiary/aromatic N) is 2.